The van der Waals surface area contributed by atoms with Gasteiger partial charge in [-0.2, -0.15) is 0 Å². The van der Waals surface area contributed by atoms with Crippen LogP contribution < -0.4 is 5.32 Å². The van der Waals surface area contributed by atoms with Crippen LogP contribution in [0.2, 0.25) is 0 Å². The van der Waals surface area contributed by atoms with Gasteiger partial charge < -0.3 is 10.4 Å². The largest absolute Gasteiger partial charge is 0.508 e. The molecule has 0 aromatic heterocycles. The van der Waals surface area contributed by atoms with Gasteiger partial charge in [-0.1, -0.05) is 12.1 Å². The zero-order valence-corrected chi connectivity index (χ0v) is 8.57. The van der Waals surface area contributed by atoms with Crippen LogP contribution in [0.25, 0.3) is 0 Å². The average molecular weight is 205 g/mol. The highest BCUT2D eigenvalue weighted by molar-refractivity contribution is 5.76. The molecule has 0 bridgehead atoms. The Morgan fingerprint density at radius 3 is 2.93 bits per heavy atom. The standard InChI is InChI=1S/C12H15NO2/c14-11-3-1-2-10(6-11)8-13-12(15)7-9-4-5-9/h1-3,6,9,14H,4-5,7-8H2,(H,13,15). The van der Waals surface area contributed by atoms with Crippen LogP contribution in [0.15, 0.2) is 24.3 Å². The van der Waals surface area contributed by atoms with Crippen molar-refractivity contribution < 1.29 is 9.90 Å². The number of hydrogen-bond acceptors (Lipinski definition) is 2. The predicted molar refractivity (Wildman–Crippen MR) is 57.3 cm³/mol. The number of benzene rings is 1. The number of aromatic hydroxyl groups is 1. The van der Waals surface area contributed by atoms with Crippen LogP contribution in [0.5, 0.6) is 5.75 Å². The van der Waals surface area contributed by atoms with Crippen LogP contribution in [-0.2, 0) is 11.3 Å². The Balaban J connectivity index is 1.78. The number of carbonyl (C=O) groups is 1. The molecule has 1 aliphatic rings. The topological polar surface area (TPSA) is 49.3 Å². The average Bonchev–Trinajstić information content (AvgIpc) is 2.99. The molecule has 1 aromatic rings. The molecule has 1 amide bonds. The Morgan fingerprint density at radius 2 is 2.27 bits per heavy atom. The molecule has 3 nitrogen and oxygen atoms in total. The van der Waals surface area contributed by atoms with Gasteiger partial charge >= 0.3 is 0 Å². The monoisotopic (exact) mass is 205 g/mol. The van der Waals surface area contributed by atoms with Crippen molar-refractivity contribution in [2.75, 3.05) is 0 Å². The number of nitrogens with one attached hydrogen (secondary N) is 1. The summed E-state index contributed by atoms with van der Waals surface area (Å²) in [7, 11) is 0. The predicted octanol–water partition coefficient (Wildman–Crippen LogP) is 1.81. The molecule has 1 saturated carbocycles. The van der Waals surface area contributed by atoms with Crippen molar-refractivity contribution in [3.8, 4) is 5.75 Å². The van der Waals surface area contributed by atoms with Crippen LogP contribution in [0.4, 0.5) is 0 Å². The van der Waals surface area contributed by atoms with Gasteiger partial charge in [-0.3, -0.25) is 4.79 Å². The molecule has 1 aliphatic carbocycles. The molecule has 0 heterocycles. The molecule has 3 heteroatoms. The molecule has 0 radical (unpaired) electrons. The number of rotatable bonds is 4. The second-order valence-corrected chi connectivity index (χ2v) is 4.09. The van der Waals surface area contributed by atoms with Gasteiger partial charge in [0.2, 0.25) is 5.91 Å². The Bertz CT molecular complexity index is 358. The first kappa shape index (κ1) is 10.0. The molecule has 0 atom stereocenters. The Kier molecular flexibility index (Phi) is 2.90. The molecule has 1 fully saturated rings. The number of amides is 1. The summed E-state index contributed by atoms with van der Waals surface area (Å²) in [6, 6.07) is 6.95. The summed E-state index contributed by atoms with van der Waals surface area (Å²) in [5.41, 5.74) is 0.930. The molecule has 2 rings (SSSR count). The fraction of sp³-hybridized carbons (Fsp3) is 0.417. The van der Waals surface area contributed by atoms with E-state index in [4.69, 9.17) is 0 Å². The van der Waals surface area contributed by atoms with Gasteiger partial charge in [0.15, 0.2) is 0 Å². The van der Waals surface area contributed by atoms with Crippen LogP contribution in [-0.4, -0.2) is 11.0 Å². The molecular formula is C12H15NO2. The van der Waals surface area contributed by atoms with Crippen molar-refractivity contribution in [3.05, 3.63) is 29.8 Å². The Morgan fingerprint density at radius 1 is 1.47 bits per heavy atom. The van der Waals surface area contributed by atoms with E-state index in [1.165, 1.54) is 12.8 Å². The minimum absolute atomic E-state index is 0.112. The summed E-state index contributed by atoms with van der Waals surface area (Å²) < 4.78 is 0. The van der Waals surface area contributed by atoms with E-state index in [-0.39, 0.29) is 11.7 Å². The zero-order valence-electron chi connectivity index (χ0n) is 8.57. The van der Waals surface area contributed by atoms with Crippen molar-refractivity contribution in [2.24, 2.45) is 5.92 Å². The minimum atomic E-state index is 0.112. The second-order valence-electron chi connectivity index (χ2n) is 4.09. The Hall–Kier alpha value is -1.51. The fourth-order valence-corrected chi connectivity index (χ4v) is 1.52. The first-order valence-electron chi connectivity index (χ1n) is 5.28. The maximum atomic E-state index is 11.4. The van der Waals surface area contributed by atoms with Crippen molar-refractivity contribution in [1.29, 1.82) is 0 Å². The van der Waals surface area contributed by atoms with Crippen LogP contribution >= 0.6 is 0 Å². The van der Waals surface area contributed by atoms with Crippen molar-refractivity contribution in [1.82, 2.24) is 5.32 Å². The third kappa shape index (κ3) is 3.27. The third-order valence-electron chi connectivity index (χ3n) is 2.57. The maximum Gasteiger partial charge on any atom is 0.220 e. The summed E-state index contributed by atoms with van der Waals surface area (Å²) in [5, 5.41) is 12.1. The number of carbonyl (C=O) groups excluding carboxylic acids is 1. The number of phenolic OH excluding ortho intramolecular Hbond substituents is 1. The van der Waals surface area contributed by atoms with Crippen molar-refractivity contribution >= 4 is 5.91 Å². The first-order chi connectivity index (χ1) is 7.24. The molecule has 0 saturated heterocycles. The van der Waals surface area contributed by atoms with Gasteiger partial charge in [-0.05, 0) is 36.5 Å². The minimum Gasteiger partial charge on any atom is -0.508 e. The van der Waals surface area contributed by atoms with E-state index in [9.17, 15) is 9.90 Å². The molecule has 15 heavy (non-hydrogen) atoms. The van der Waals surface area contributed by atoms with Crippen molar-refractivity contribution in [3.63, 3.8) is 0 Å². The molecule has 0 aliphatic heterocycles. The molecular weight excluding hydrogens is 190 g/mol. The highest BCUT2D eigenvalue weighted by Gasteiger charge is 2.23. The van der Waals surface area contributed by atoms with Gasteiger partial charge in [0.25, 0.3) is 0 Å². The number of phenols is 1. The van der Waals surface area contributed by atoms with E-state index in [0.29, 0.717) is 18.9 Å². The summed E-state index contributed by atoms with van der Waals surface area (Å²) >= 11 is 0. The van der Waals surface area contributed by atoms with Gasteiger partial charge in [0, 0.05) is 13.0 Å². The maximum absolute atomic E-state index is 11.4. The molecule has 0 unspecified atom stereocenters. The Labute approximate surface area is 89.1 Å². The third-order valence-corrected chi connectivity index (χ3v) is 2.57. The lowest BCUT2D eigenvalue weighted by atomic mass is 10.2. The SMILES string of the molecule is O=C(CC1CC1)NCc1cccc(O)c1. The first-order valence-corrected chi connectivity index (χ1v) is 5.28. The summed E-state index contributed by atoms with van der Waals surface area (Å²) in [6.07, 6.45) is 3.04. The van der Waals surface area contributed by atoms with E-state index in [2.05, 4.69) is 5.32 Å². The van der Waals surface area contributed by atoms with Crippen LogP contribution in [0.3, 0.4) is 0 Å². The van der Waals surface area contributed by atoms with Gasteiger partial charge in [-0.15, -0.1) is 0 Å². The van der Waals surface area contributed by atoms with E-state index in [1.54, 1.807) is 18.2 Å². The normalized spacial score (nSPS) is 14.9. The molecule has 0 spiro atoms. The molecule has 1 aromatic carbocycles. The van der Waals surface area contributed by atoms with Gasteiger partial charge in [-0.25, -0.2) is 0 Å². The van der Waals surface area contributed by atoms with Crippen molar-refractivity contribution in [2.45, 2.75) is 25.8 Å². The van der Waals surface area contributed by atoms with Gasteiger partial charge in [0.1, 0.15) is 5.75 Å². The fourth-order valence-electron chi connectivity index (χ4n) is 1.52. The lowest BCUT2D eigenvalue weighted by Crippen LogP contribution is -2.22. The smallest absolute Gasteiger partial charge is 0.220 e. The highest BCUT2D eigenvalue weighted by Crippen LogP contribution is 2.32. The quantitative estimate of drug-likeness (QED) is 0.787. The van der Waals surface area contributed by atoms with E-state index >= 15 is 0 Å². The summed E-state index contributed by atoms with van der Waals surface area (Å²) in [4.78, 5) is 11.4. The number of hydrogen-bond donors (Lipinski definition) is 2. The molecule has 80 valence electrons. The van der Waals surface area contributed by atoms with Gasteiger partial charge in [0.05, 0.1) is 0 Å². The van der Waals surface area contributed by atoms with Crippen LogP contribution in [0, 0.1) is 5.92 Å². The van der Waals surface area contributed by atoms with E-state index in [0.717, 1.165) is 5.56 Å². The van der Waals surface area contributed by atoms with E-state index < -0.39 is 0 Å². The van der Waals surface area contributed by atoms with Crippen LogP contribution in [0.1, 0.15) is 24.8 Å². The highest BCUT2D eigenvalue weighted by atomic mass is 16.3. The van der Waals surface area contributed by atoms with E-state index in [1.807, 2.05) is 6.07 Å². The lowest BCUT2D eigenvalue weighted by Gasteiger charge is -2.04. The zero-order chi connectivity index (χ0) is 10.7. The lowest BCUT2D eigenvalue weighted by molar-refractivity contribution is -0.121. The molecule has 2 N–H and O–H groups in total. The summed E-state index contributed by atoms with van der Waals surface area (Å²) in [6.45, 7) is 0.500. The summed E-state index contributed by atoms with van der Waals surface area (Å²) in [5.74, 6) is 0.971. The second kappa shape index (κ2) is 4.34.